The Labute approximate surface area is 84.3 Å². The first-order valence-corrected chi connectivity index (χ1v) is 3.98. The van der Waals surface area contributed by atoms with Gasteiger partial charge in [-0.15, -0.1) is 0 Å². The van der Waals surface area contributed by atoms with Crippen LogP contribution in [0.1, 0.15) is 17.5 Å². The summed E-state index contributed by atoms with van der Waals surface area (Å²) in [4.78, 5) is 11.0. The Kier molecular flexibility index (Phi) is 3.51. The maximum absolute atomic E-state index is 11.0. The van der Waals surface area contributed by atoms with Gasteiger partial charge >= 0.3 is 0 Å². The van der Waals surface area contributed by atoms with Crippen molar-refractivity contribution in [2.75, 3.05) is 0 Å². The van der Waals surface area contributed by atoms with Crippen molar-refractivity contribution in [3.8, 4) is 0 Å². The molecule has 2 rings (SSSR count). The van der Waals surface area contributed by atoms with E-state index in [2.05, 4.69) is 20.6 Å². The zero-order chi connectivity index (χ0) is 10.6. The molecule has 1 aromatic carbocycles. The van der Waals surface area contributed by atoms with Gasteiger partial charge in [0.1, 0.15) is 5.52 Å². The molecule has 1 aromatic heterocycles. The number of carbonyl (C=O) groups excluding carboxylic acids is 1. The third-order valence-corrected chi connectivity index (χ3v) is 1.70. The molecule has 0 amide bonds. The van der Waals surface area contributed by atoms with Gasteiger partial charge in [0, 0.05) is 22.4 Å². The van der Waals surface area contributed by atoms with E-state index >= 15 is 0 Å². The van der Waals surface area contributed by atoms with Crippen LogP contribution in [0.3, 0.4) is 0 Å². The minimum Gasteiger partial charge on any atom is -0.352 e. The van der Waals surface area contributed by atoms with Crippen LogP contribution in [0.25, 0.3) is 10.9 Å². The van der Waals surface area contributed by atoms with Gasteiger partial charge in [-0.2, -0.15) is 0 Å². The zero-order valence-electron chi connectivity index (χ0n) is 7.73. The average molecular weight is 183 g/mol. The highest BCUT2D eigenvalue weighted by molar-refractivity contribution is 6.75. The van der Waals surface area contributed by atoms with Crippen LogP contribution in [0.15, 0.2) is 28.8 Å². The Bertz CT molecular complexity index is 439. The molecule has 66 valence electrons. The second kappa shape index (κ2) is 4.65. The van der Waals surface area contributed by atoms with Gasteiger partial charge in [-0.25, -0.2) is 0 Å². The summed E-state index contributed by atoms with van der Waals surface area (Å²) in [5.41, 5.74) is 0.725. The van der Waals surface area contributed by atoms with Gasteiger partial charge in [-0.1, -0.05) is 17.3 Å². The molecule has 0 N–H and O–H groups in total. The number of ketones is 1. The highest BCUT2D eigenvalue weighted by Gasteiger charge is 2.10. The first-order chi connectivity index (χ1) is 6.79. The summed E-state index contributed by atoms with van der Waals surface area (Å²) in [7, 11) is 8.00. The Balaban J connectivity index is 0.000000461. The number of aromatic nitrogens is 1. The van der Waals surface area contributed by atoms with Crippen LogP contribution in [0.5, 0.6) is 0 Å². The third kappa shape index (κ3) is 1.87. The van der Waals surface area contributed by atoms with E-state index < -0.39 is 0 Å². The fourth-order valence-corrected chi connectivity index (χ4v) is 1.14. The van der Waals surface area contributed by atoms with Crippen molar-refractivity contribution in [2.24, 2.45) is 0 Å². The lowest BCUT2D eigenvalue weighted by atomic mass is 9.81. The molecule has 4 radical (unpaired) electrons. The molecular weight excluding hydrogens is 176 g/mol. The molecule has 5 heteroatoms. The molecule has 0 spiro atoms. The summed E-state index contributed by atoms with van der Waals surface area (Å²) in [6.45, 7) is 1.47. The lowest BCUT2D eigenvalue weighted by Gasteiger charge is -1.85. The molecule has 0 saturated carbocycles. The monoisotopic (exact) mass is 183 g/mol. The van der Waals surface area contributed by atoms with Gasteiger partial charge < -0.3 is 4.52 Å². The molecule has 2 aromatic rings. The standard InChI is InChI=1S/C9H7NO2.B2/c1-6(11)9-7-4-2-3-5-8(7)10-12-9;1-2/h2-5H,1H3;. The van der Waals surface area contributed by atoms with E-state index in [1.54, 1.807) is 0 Å². The van der Waals surface area contributed by atoms with Crippen molar-refractivity contribution in [2.45, 2.75) is 6.92 Å². The van der Waals surface area contributed by atoms with Crippen LogP contribution in [-0.4, -0.2) is 26.4 Å². The maximum Gasteiger partial charge on any atom is 0.209 e. The van der Waals surface area contributed by atoms with Crippen molar-refractivity contribution in [3.63, 3.8) is 0 Å². The number of nitrogens with zero attached hydrogens (tertiary/aromatic N) is 1. The van der Waals surface area contributed by atoms with E-state index in [-0.39, 0.29) is 5.78 Å². The maximum atomic E-state index is 11.0. The predicted molar refractivity (Wildman–Crippen MR) is 55.5 cm³/mol. The lowest BCUT2D eigenvalue weighted by molar-refractivity contribution is 0.0981. The van der Waals surface area contributed by atoms with Gasteiger partial charge in [0.05, 0.1) is 5.39 Å². The van der Waals surface area contributed by atoms with Crippen LogP contribution >= 0.6 is 0 Å². The highest BCUT2D eigenvalue weighted by atomic mass is 16.5. The fraction of sp³-hybridized carbons (Fsp3) is 0.111. The van der Waals surface area contributed by atoms with Crippen molar-refractivity contribution in [1.29, 1.82) is 0 Å². The number of hydrogen-bond donors (Lipinski definition) is 0. The van der Waals surface area contributed by atoms with Crippen molar-refractivity contribution < 1.29 is 9.32 Å². The van der Waals surface area contributed by atoms with Crippen LogP contribution in [-0.2, 0) is 0 Å². The summed E-state index contributed by atoms with van der Waals surface area (Å²) < 4.78 is 4.88. The van der Waals surface area contributed by atoms with Crippen LogP contribution < -0.4 is 0 Å². The van der Waals surface area contributed by atoms with Gasteiger partial charge in [-0.05, 0) is 12.1 Å². The molecule has 3 nitrogen and oxygen atoms in total. The van der Waals surface area contributed by atoms with E-state index in [4.69, 9.17) is 4.52 Å². The second-order valence-corrected chi connectivity index (χ2v) is 2.59. The number of carbonyl (C=O) groups is 1. The summed E-state index contributed by atoms with van der Waals surface area (Å²) in [5, 5.41) is 4.53. The molecule has 0 unspecified atom stereocenters. The Hall–Kier alpha value is -1.51. The molecule has 0 aliphatic carbocycles. The SMILES string of the molecule is CC(=O)c1onc2ccccc12.[B][B]. The fourth-order valence-electron chi connectivity index (χ4n) is 1.14. The number of hydrogen-bond acceptors (Lipinski definition) is 3. The minimum atomic E-state index is -0.0938. The van der Waals surface area contributed by atoms with E-state index in [0.717, 1.165) is 10.9 Å². The number of benzene rings is 1. The predicted octanol–water partition coefficient (Wildman–Crippen LogP) is 1.27. The number of fused-ring (bicyclic) bond motifs is 1. The van der Waals surface area contributed by atoms with Gasteiger partial charge in [0.15, 0.2) is 5.78 Å². The van der Waals surface area contributed by atoms with Gasteiger partial charge in [0.25, 0.3) is 0 Å². The first kappa shape index (κ1) is 10.6. The molecule has 0 aliphatic heterocycles. The average Bonchev–Trinajstić information content (AvgIpc) is 2.64. The van der Waals surface area contributed by atoms with E-state index in [9.17, 15) is 4.79 Å². The highest BCUT2D eigenvalue weighted by Crippen LogP contribution is 2.17. The van der Waals surface area contributed by atoms with E-state index in [1.807, 2.05) is 24.3 Å². The normalized spacial score (nSPS) is 9.21. The molecular formula is C9H7B2NO2. The minimum absolute atomic E-state index is 0.0938. The first-order valence-electron chi connectivity index (χ1n) is 3.98. The van der Waals surface area contributed by atoms with Crippen molar-refractivity contribution in [3.05, 3.63) is 30.0 Å². The molecule has 1 heterocycles. The van der Waals surface area contributed by atoms with Crippen LogP contribution in [0.4, 0.5) is 0 Å². The Morgan fingerprint density at radius 3 is 2.64 bits per heavy atom. The van der Waals surface area contributed by atoms with Gasteiger partial charge in [0.2, 0.25) is 5.76 Å². The Morgan fingerprint density at radius 2 is 2.00 bits per heavy atom. The smallest absolute Gasteiger partial charge is 0.209 e. The molecule has 0 aliphatic rings. The zero-order valence-corrected chi connectivity index (χ0v) is 7.73. The summed E-state index contributed by atoms with van der Waals surface area (Å²) in [6, 6.07) is 7.34. The number of rotatable bonds is 1. The number of Topliss-reactive ketones (excluding diaryl/α,β-unsaturated/α-hetero) is 1. The topological polar surface area (TPSA) is 43.1 Å². The summed E-state index contributed by atoms with van der Waals surface area (Å²) >= 11 is 0. The molecule has 0 saturated heterocycles. The molecule has 14 heavy (non-hydrogen) atoms. The largest absolute Gasteiger partial charge is 0.352 e. The van der Waals surface area contributed by atoms with E-state index in [0.29, 0.717) is 5.76 Å². The summed E-state index contributed by atoms with van der Waals surface area (Å²) in [5.74, 6) is 0.245. The van der Waals surface area contributed by atoms with E-state index in [1.165, 1.54) is 6.92 Å². The second-order valence-electron chi connectivity index (χ2n) is 2.59. The van der Waals surface area contributed by atoms with Crippen LogP contribution in [0.2, 0.25) is 0 Å². The Morgan fingerprint density at radius 1 is 1.36 bits per heavy atom. The summed E-state index contributed by atoms with van der Waals surface area (Å²) in [6.07, 6.45) is 0. The quantitative estimate of drug-likeness (QED) is 0.493. The molecule has 0 atom stereocenters. The molecule has 0 fully saturated rings. The third-order valence-electron chi connectivity index (χ3n) is 1.70. The molecule has 0 bridgehead atoms. The van der Waals surface area contributed by atoms with Crippen molar-refractivity contribution in [1.82, 2.24) is 5.16 Å². The van der Waals surface area contributed by atoms with Crippen molar-refractivity contribution >= 4 is 32.2 Å². The van der Waals surface area contributed by atoms with Gasteiger partial charge in [-0.3, -0.25) is 4.79 Å². The van der Waals surface area contributed by atoms with Crippen LogP contribution in [0, 0.1) is 0 Å². The lowest BCUT2D eigenvalue weighted by Crippen LogP contribution is -1.87.